The number of nitrogens with one attached hydrogen (secondary N) is 1. The maximum absolute atomic E-state index is 14.0. The van der Waals surface area contributed by atoms with Crippen LogP contribution >= 0.6 is 0 Å². The summed E-state index contributed by atoms with van der Waals surface area (Å²) >= 11 is 0. The van der Waals surface area contributed by atoms with Crippen LogP contribution in [0.4, 0.5) is 8.78 Å². The summed E-state index contributed by atoms with van der Waals surface area (Å²) < 4.78 is 32.5. The first-order valence-corrected chi connectivity index (χ1v) is 7.28. The summed E-state index contributed by atoms with van der Waals surface area (Å²) in [5.41, 5.74) is -0.976. The van der Waals surface area contributed by atoms with Crippen molar-refractivity contribution in [2.24, 2.45) is 5.41 Å². The Bertz CT molecular complexity index is 565. The summed E-state index contributed by atoms with van der Waals surface area (Å²) in [7, 11) is 1.58. The summed E-state index contributed by atoms with van der Waals surface area (Å²) in [5, 5.41) is 2.95. The van der Waals surface area contributed by atoms with E-state index in [9.17, 15) is 13.6 Å². The highest BCUT2D eigenvalue weighted by molar-refractivity contribution is 5.85. The molecule has 0 saturated heterocycles. The Morgan fingerprint density at radius 1 is 1.29 bits per heavy atom. The van der Waals surface area contributed by atoms with Gasteiger partial charge in [-0.05, 0) is 43.9 Å². The van der Waals surface area contributed by atoms with Crippen LogP contribution in [0.15, 0.2) is 18.2 Å². The maximum Gasteiger partial charge on any atom is 0.229 e. The van der Waals surface area contributed by atoms with Crippen molar-refractivity contribution in [2.45, 2.75) is 37.6 Å². The third kappa shape index (κ3) is 2.44. The summed E-state index contributed by atoms with van der Waals surface area (Å²) in [4.78, 5) is 12.6. The van der Waals surface area contributed by atoms with E-state index in [2.05, 4.69) is 5.32 Å². The van der Waals surface area contributed by atoms with Gasteiger partial charge in [-0.1, -0.05) is 6.42 Å². The number of methoxy groups -OCH3 is 1. The van der Waals surface area contributed by atoms with Crippen molar-refractivity contribution >= 4 is 5.91 Å². The van der Waals surface area contributed by atoms with E-state index in [-0.39, 0.29) is 11.5 Å². The van der Waals surface area contributed by atoms with Gasteiger partial charge < -0.3 is 10.1 Å². The smallest absolute Gasteiger partial charge is 0.229 e. The highest BCUT2D eigenvalue weighted by Crippen LogP contribution is 2.49. The van der Waals surface area contributed by atoms with Crippen molar-refractivity contribution in [1.29, 1.82) is 0 Å². The first kappa shape index (κ1) is 14.4. The van der Waals surface area contributed by atoms with Crippen LogP contribution in [0.1, 0.15) is 37.7 Å². The molecule has 0 aliphatic heterocycles. The second kappa shape index (κ2) is 5.05. The highest BCUT2D eigenvalue weighted by Gasteiger charge is 2.52. The average molecular weight is 295 g/mol. The molecule has 0 atom stereocenters. The maximum atomic E-state index is 14.0. The minimum Gasteiger partial charge on any atom is -0.384 e. The lowest BCUT2D eigenvalue weighted by Gasteiger charge is -2.40. The Labute approximate surface area is 122 Å². The standard InChI is InChI=1S/C16H19F2NO2/c1-21-10-15(5-2-6-15)14(20)19-16(7-8-16)12-9-11(17)3-4-13(12)18/h3-4,9H,2,5-8,10H2,1H3,(H,19,20). The van der Waals surface area contributed by atoms with Crippen LogP contribution in [0.5, 0.6) is 0 Å². The van der Waals surface area contributed by atoms with Gasteiger partial charge in [-0.3, -0.25) is 4.79 Å². The number of halogens is 2. The largest absolute Gasteiger partial charge is 0.384 e. The number of carbonyl (C=O) groups excluding carboxylic acids is 1. The van der Waals surface area contributed by atoms with Crippen LogP contribution in [0.3, 0.4) is 0 Å². The zero-order chi connectivity index (χ0) is 15.1. The number of benzene rings is 1. The van der Waals surface area contributed by atoms with Crippen molar-refractivity contribution in [3.05, 3.63) is 35.4 Å². The van der Waals surface area contributed by atoms with Crippen molar-refractivity contribution in [3.63, 3.8) is 0 Å². The Morgan fingerprint density at radius 2 is 2.00 bits per heavy atom. The van der Waals surface area contributed by atoms with Crippen LogP contribution in [-0.4, -0.2) is 19.6 Å². The van der Waals surface area contributed by atoms with Crippen molar-refractivity contribution in [3.8, 4) is 0 Å². The molecule has 1 N–H and O–H groups in total. The van der Waals surface area contributed by atoms with Gasteiger partial charge in [0.25, 0.3) is 0 Å². The van der Waals surface area contributed by atoms with Crippen LogP contribution in [0, 0.1) is 17.0 Å². The predicted molar refractivity (Wildman–Crippen MR) is 73.6 cm³/mol. The van der Waals surface area contributed by atoms with Gasteiger partial charge in [0.2, 0.25) is 5.91 Å². The first-order chi connectivity index (χ1) is 10.0. The molecule has 2 aliphatic carbocycles. The molecule has 3 nitrogen and oxygen atoms in total. The fourth-order valence-corrected chi connectivity index (χ4v) is 3.12. The molecule has 1 amide bonds. The zero-order valence-electron chi connectivity index (χ0n) is 12.0. The molecule has 3 rings (SSSR count). The lowest BCUT2D eigenvalue weighted by molar-refractivity contribution is -0.141. The summed E-state index contributed by atoms with van der Waals surface area (Å²) in [6, 6.07) is 3.40. The molecule has 0 bridgehead atoms. The Hall–Kier alpha value is -1.49. The molecule has 0 heterocycles. The van der Waals surface area contributed by atoms with Gasteiger partial charge in [0.1, 0.15) is 11.6 Å². The van der Waals surface area contributed by atoms with E-state index in [1.54, 1.807) is 7.11 Å². The molecule has 114 valence electrons. The van der Waals surface area contributed by atoms with Crippen molar-refractivity contribution in [2.75, 3.05) is 13.7 Å². The number of rotatable bonds is 5. The van der Waals surface area contributed by atoms with Crippen molar-refractivity contribution in [1.82, 2.24) is 5.32 Å². The van der Waals surface area contributed by atoms with Gasteiger partial charge in [-0.15, -0.1) is 0 Å². The van der Waals surface area contributed by atoms with E-state index in [1.807, 2.05) is 0 Å². The van der Waals surface area contributed by atoms with Crippen LogP contribution in [-0.2, 0) is 15.1 Å². The highest BCUT2D eigenvalue weighted by atomic mass is 19.1. The molecule has 0 spiro atoms. The molecular formula is C16H19F2NO2. The van der Waals surface area contributed by atoms with Gasteiger partial charge in [-0.2, -0.15) is 0 Å². The van der Waals surface area contributed by atoms with Gasteiger partial charge >= 0.3 is 0 Å². The lowest BCUT2D eigenvalue weighted by Crippen LogP contribution is -2.51. The summed E-state index contributed by atoms with van der Waals surface area (Å²) in [5.74, 6) is -1.05. The molecule has 1 aromatic rings. The number of hydrogen-bond acceptors (Lipinski definition) is 2. The first-order valence-electron chi connectivity index (χ1n) is 7.28. The third-order valence-electron chi connectivity index (χ3n) is 4.76. The number of amides is 1. The SMILES string of the molecule is COCC1(C(=O)NC2(c3cc(F)ccc3F)CC2)CCC1. The fourth-order valence-electron chi connectivity index (χ4n) is 3.12. The molecule has 0 unspecified atom stereocenters. The van der Waals surface area contributed by atoms with Crippen LogP contribution in [0.25, 0.3) is 0 Å². The molecule has 21 heavy (non-hydrogen) atoms. The van der Waals surface area contributed by atoms with E-state index >= 15 is 0 Å². The van der Waals surface area contributed by atoms with E-state index in [1.165, 1.54) is 6.07 Å². The predicted octanol–water partition coefficient (Wildman–Crippen LogP) is 2.89. The molecule has 2 aliphatic rings. The zero-order valence-corrected chi connectivity index (χ0v) is 12.0. The van der Waals surface area contributed by atoms with Gasteiger partial charge in [0.05, 0.1) is 17.6 Å². The number of carbonyl (C=O) groups is 1. The molecule has 1 aromatic carbocycles. The monoisotopic (exact) mass is 295 g/mol. The molecule has 0 radical (unpaired) electrons. The molecule has 2 saturated carbocycles. The van der Waals surface area contributed by atoms with E-state index in [0.29, 0.717) is 19.4 Å². The molecular weight excluding hydrogens is 276 g/mol. The number of hydrogen-bond donors (Lipinski definition) is 1. The third-order valence-corrected chi connectivity index (χ3v) is 4.76. The van der Waals surface area contributed by atoms with E-state index in [4.69, 9.17) is 4.74 Å². The van der Waals surface area contributed by atoms with Gasteiger partial charge in [-0.25, -0.2) is 8.78 Å². The van der Waals surface area contributed by atoms with Gasteiger partial charge in [0.15, 0.2) is 0 Å². The molecule has 5 heteroatoms. The van der Waals surface area contributed by atoms with E-state index in [0.717, 1.165) is 31.4 Å². The Balaban J connectivity index is 1.80. The average Bonchev–Trinajstić information content (AvgIpc) is 3.17. The minimum atomic E-state index is -0.737. The Morgan fingerprint density at radius 3 is 2.52 bits per heavy atom. The summed E-state index contributed by atoms with van der Waals surface area (Å²) in [6.45, 7) is 0.376. The second-order valence-electron chi connectivity index (χ2n) is 6.23. The molecule has 2 fully saturated rings. The second-order valence-corrected chi connectivity index (χ2v) is 6.23. The van der Waals surface area contributed by atoms with Crippen LogP contribution in [0.2, 0.25) is 0 Å². The Kier molecular flexibility index (Phi) is 3.48. The normalized spacial score (nSPS) is 21.5. The quantitative estimate of drug-likeness (QED) is 0.907. The summed E-state index contributed by atoms with van der Waals surface area (Å²) in [6.07, 6.45) is 3.85. The lowest BCUT2D eigenvalue weighted by atomic mass is 9.68. The van der Waals surface area contributed by atoms with E-state index < -0.39 is 22.6 Å². The van der Waals surface area contributed by atoms with Gasteiger partial charge in [0, 0.05) is 12.7 Å². The minimum absolute atomic E-state index is 0.100. The fraction of sp³-hybridized carbons (Fsp3) is 0.562. The topological polar surface area (TPSA) is 38.3 Å². The number of ether oxygens (including phenoxy) is 1. The van der Waals surface area contributed by atoms with Crippen LogP contribution < -0.4 is 5.32 Å². The van der Waals surface area contributed by atoms with Crippen molar-refractivity contribution < 1.29 is 18.3 Å². The molecule has 0 aromatic heterocycles.